The molecule has 1 rings (SSSR count). The maximum absolute atomic E-state index is 6.14. The third-order valence-electron chi connectivity index (χ3n) is 3.24. The third kappa shape index (κ3) is 3.08. The van der Waals surface area contributed by atoms with Gasteiger partial charge in [-0.3, -0.25) is 0 Å². The van der Waals surface area contributed by atoms with Crippen molar-refractivity contribution in [3.05, 3.63) is 18.2 Å². The summed E-state index contributed by atoms with van der Waals surface area (Å²) in [4.78, 5) is 4.23. The van der Waals surface area contributed by atoms with Crippen molar-refractivity contribution in [1.29, 1.82) is 0 Å². The van der Waals surface area contributed by atoms with Gasteiger partial charge in [0, 0.05) is 12.2 Å². The Bertz CT molecular complexity index is 322. The standard InChI is InChI=1S/C13H25N3/c1-6-10(2)7-11(3)16-9-15-8-12(16)13(4,5)14/h8-11H,6-7,14H2,1-5H3. The van der Waals surface area contributed by atoms with E-state index in [0.717, 1.165) is 11.6 Å². The summed E-state index contributed by atoms with van der Waals surface area (Å²) in [6, 6.07) is 0.468. The van der Waals surface area contributed by atoms with Gasteiger partial charge >= 0.3 is 0 Å². The van der Waals surface area contributed by atoms with Crippen molar-refractivity contribution < 1.29 is 0 Å². The van der Waals surface area contributed by atoms with Gasteiger partial charge in [0.15, 0.2) is 0 Å². The zero-order valence-corrected chi connectivity index (χ0v) is 11.2. The van der Waals surface area contributed by atoms with Crippen molar-refractivity contribution >= 4 is 0 Å². The Labute approximate surface area is 99.1 Å². The van der Waals surface area contributed by atoms with Crippen LogP contribution in [0.1, 0.15) is 59.2 Å². The van der Waals surface area contributed by atoms with Crippen LogP contribution in [0.2, 0.25) is 0 Å². The molecule has 0 aromatic carbocycles. The van der Waals surface area contributed by atoms with Crippen LogP contribution in [0.15, 0.2) is 12.5 Å². The molecule has 2 unspecified atom stereocenters. The highest BCUT2D eigenvalue weighted by molar-refractivity contribution is 5.10. The largest absolute Gasteiger partial charge is 0.330 e. The number of nitrogens with zero attached hydrogens (tertiary/aromatic N) is 2. The fourth-order valence-corrected chi connectivity index (χ4v) is 2.02. The van der Waals surface area contributed by atoms with Crippen LogP contribution in [0.5, 0.6) is 0 Å². The molecule has 0 aliphatic heterocycles. The van der Waals surface area contributed by atoms with E-state index in [1.54, 1.807) is 0 Å². The van der Waals surface area contributed by atoms with Gasteiger partial charge in [-0.15, -0.1) is 0 Å². The predicted octanol–water partition coefficient (Wildman–Crippen LogP) is 3.07. The molecule has 0 saturated heterocycles. The summed E-state index contributed by atoms with van der Waals surface area (Å²) in [6.45, 7) is 10.8. The molecule has 0 saturated carbocycles. The first-order chi connectivity index (χ1) is 7.36. The Hall–Kier alpha value is -0.830. The Morgan fingerprint density at radius 2 is 2.06 bits per heavy atom. The maximum Gasteiger partial charge on any atom is 0.0951 e. The highest BCUT2D eigenvalue weighted by Gasteiger charge is 2.21. The van der Waals surface area contributed by atoms with Crippen LogP contribution < -0.4 is 5.73 Å². The molecule has 92 valence electrons. The van der Waals surface area contributed by atoms with E-state index < -0.39 is 0 Å². The van der Waals surface area contributed by atoms with Crippen LogP contribution in [0.25, 0.3) is 0 Å². The molecule has 2 atom stereocenters. The first-order valence-corrected chi connectivity index (χ1v) is 6.17. The van der Waals surface area contributed by atoms with E-state index in [2.05, 4.69) is 30.3 Å². The fourth-order valence-electron chi connectivity index (χ4n) is 2.02. The van der Waals surface area contributed by atoms with E-state index in [-0.39, 0.29) is 5.54 Å². The van der Waals surface area contributed by atoms with Crippen molar-refractivity contribution in [2.24, 2.45) is 11.7 Å². The van der Waals surface area contributed by atoms with Crippen molar-refractivity contribution in [2.45, 2.75) is 59.0 Å². The second-order valence-electron chi connectivity index (χ2n) is 5.51. The van der Waals surface area contributed by atoms with Gasteiger partial charge in [-0.25, -0.2) is 4.98 Å². The molecular formula is C13H25N3. The number of aromatic nitrogens is 2. The zero-order valence-electron chi connectivity index (χ0n) is 11.2. The molecule has 3 heteroatoms. The lowest BCUT2D eigenvalue weighted by atomic mass is 9.98. The molecule has 2 N–H and O–H groups in total. The molecule has 0 radical (unpaired) electrons. The van der Waals surface area contributed by atoms with Crippen LogP contribution in [0, 0.1) is 5.92 Å². The molecule has 0 amide bonds. The molecule has 1 aromatic rings. The van der Waals surface area contributed by atoms with Gasteiger partial charge in [0.1, 0.15) is 0 Å². The lowest BCUT2D eigenvalue weighted by Crippen LogP contribution is -2.32. The van der Waals surface area contributed by atoms with E-state index in [0.29, 0.717) is 6.04 Å². The molecule has 3 nitrogen and oxygen atoms in total. The van der Waals surface area contributed by atoms with Crippen molar-refractivity contribution in [2.75, 3.05) is 0 Å². The van der Waals surface area contributed by atoms with E-state index in [9.17, 15) is 0 Å². The van der Waals surface area contributed by atoms with Crippen LogP contribution in [-0.2, 0) is 5.54 Å². The van der Waals surface area contributed by atoms with Crippen molar-refractivity contribution in [3.8, 4) is 0 Å². The number of rotatable bonds is 5. The molecule has 0 fully saturated rings. The average Bonchev–Trinajstić information content (AvgIpc) is 2.65. The molecule has 16 heavy (non-hydrogen) atoms. The minimum atomic E-state index is -0.319. The van der Waals surface area contributed by atoms with Crippen molar-refractivity contribution in [3.63, 3.8) is 0 Å². The molecule has 0 spiro atoms. The van der Waals surface area contributed by atoms with Gasteiger partial charge < -0.3 is 10.3 Å². The average molecular weight is 223 g/mol. The molecular weight excluding hydrogens is 198 g/mol. The van der Waals surface area contributed by atoms with Gasteiger partial charge in [0.05, 0.1) is 17.6 Å². The van der Waals surface area contributed by atoms with Gasteiger partial charge in [-0.1, -0.05) is 20.3 Å². The quantitative estimate of drug-likeness (QED) is 0.833. The van der Waals surface area contributed by atoms with Crippen molar-refractivity contribution in [1.82, 2.24) is 9.55 Å². The number of hydrogen-bond acceptors (Lipinski definition) is 2. The Balaban J connectivity index is 2.84. The second-order valence-corrected chi connectivity index (χ2v) is 5.51. The van der Waals surface area contributed by atoms with Gasteiger partial charge in [-0.2, -0.15) is 0 Å². The minimum Gasteiger partial charge on any atom is -0.330 e. The van der Waals surface area contributed by atoms with Gasteiger partial charge in [-0.05, 0) is 33.1 Å². The fraction of sp³-hybridized carbons (Fsp3) is 0.769. The highest BCUT2D eigenvalue weighted by atomic mass is 15.1. The van der Waals surface area contributed by atoms with E-state index in [1.165, 1.54) is 12.8 Å². The Kier molecular flexibility index (Phi) is 4.14. The van der Waals surface area contributed by atoms with Crippen LogP contribution in [-0.4, -0.2) is 9.55 Å². The molecule has 1 heterocycles. The smallest absolute Gasteiger partial charge is 0.0951 e. The van der Waals surface area contributed by atoms with E-state index in [1.807, 2.05) is 26.4 Å². The summed E-state index contributed by atoms with van der Waals surface area (Å²) < 4.78 is 2.21. The van der Waals surface area contributed by atoms with Crippen LogP contribution in [0.4, 0.5) is 0 Å². The first kappa shape index (κ1) is 13.2. The molecule has 0 aliphatic carbocycles. The second kappa shape index (κ2) is 5.00. The molecule has 0 bridgehead atoms. The Morgan fingerprint density at radius 3 is 2.56 bits per heavy atom. The number of hydrogen-bond donors (Lipinski definition) is 1. The summed E-state index contributed by atoms with van der Waals surface area (Å²) in [5.41, 5.74) is 6.94. The predicted molar refractivity (Wildman–Crippen MR) is 68.2 cm³/mol. The first-order valence-electron chi connectivity index (χ1n) is 6.17. The van der Waals surface area contributed by atoms with E-state index >= 15 is 0 Å². The van der Waals surface area contributed by atoms with Crippen LogP contribution in [0.3, 0.4) is 0 Å². The van der Waals surface area contributed by atoms with Gasteiger partial charge in [0.2, 0.25) is 0 Å². The summed E-state index contributed by atoms with van der Waals surface area (Å²) in [7, 11) is 0. The summed E-state index contributed by atoms with van der Waals surface area (Å²) >= 11 is 0. The SMILES string of the molecule is CCC(C)CC(C)n1cncc1C(C)(C)N. The molecule has 0 aliphatic rings. The normalized spacial score (nSPS) is 16.1. The summed E-state index contributed by atoms with van der Waals surface area (Å²) in [5.74, 6) is 0.742. The van der Waals surface area contributed by atoms with Gasteiger partial charge in [0.25, 0.3) is 0 Å². The topological polar surface area (TPSA) is 43.8 Å². The number of nitrogens with two attached hydrogens (primary N) is 1. The minimum absolute atomic E-state index is 0.319. The Morgan fingerprint density at radius 1 is 1.44 bits per heavy atom. The summed E-state index contributed by atoms with van der Waals surface area (Å²) in [6.07, 6.45) is 6.18. The van der Waals surface area contributed by atoms with Crippen LogP contribution >= 0.6 is 0 Å². The third-order valence-corrected chi connectivity index (χ3v) is 3.24. The number of imidazole rings is 1. The lowest BCUT2D eigenvalue weighted by Gasteiger charge is -2.25. The maximum atomic E-state index is 6.14. The zero-order chi connectivity index (χ0) is 12.3. The monoisotopic (exact) mass is 223 g/mol. The van der Waals surface area contributed by atoms with E-state index in [4.69, 9.17) is 5.73 Å². The summed E-state index contributed by atoms with van der Waals surface area (Å²) in [5, 5.41) is 0. The molecule has 1 aromatic heterocycles. The lowest BCUT2D eigenvalue weighted by molar-refractivity contribution is 0.372. The highest BCUT2D eigenvalue weighted by Crippen LogP contribution is 2.25.